The Morgan fingerprint density at radius 1 is 0.800 bits per heavy atom. The lowest BCUT2D eigenvalue weighted by molar-refractivity contribution is 0.103. The molecule has 0 spiro atoms. The fraction of sp³-hybridized carbons (Fsp3) is 0.857. The molecule has 8 atom stereocenters. The second-order valence-corrected chi connectivity index (χ2v) is 6.65. The summed E-state index contributed by atoms with van der Waals surface area (Å²) in [6, 6.07) is 1.88. The molecule has 0 aromatic heterocycles. The van der Waals surface area contributed by atoms with Crippen LogP contribution in [0.5, 0.6) is 0 Å². The van der Waals surface area contributed by atoms with Gasteiger partial charge < -0.3 is 5.32 Å². The zero-order valence-electron chi connectivity index (χ0n) is 9.10. The molecular weight excluding hydrogens is 182 g/mol. The van der Waals surface area contributed by atoms with E-state index >= 15 is 0 Å². The number of rotatable bonds is 0. The summed E-state index contributed by atoms with van der Waals surface area (Å²) < 4.78 is 0. The van der Waals surface area contributed by atoms with Crippen LogP contribution in [0.2, 0.25) is 0 Å². The summed E-state index contributed by atoms with van der Waals surface area (Å²) in [6.45, 7) is 0. The highest BCUT2D eigenvalue weighted by molar-refractivity contribution is 5.20. The molecule has 1 heterocycles. The van der Waals surface area contributed by atoms with Crippen molar-refractivity contribution in [1.29, 1.82) is 0 Å². The topological polar surface area (TPSA) is 21.9 Å². The number of hydrogen-bond donors (Lipinski definition) is 1. The van der Waals surface area contributed by atoms with E-state index in [4.69, 9.17) is 0 Å². The van der Waals surface area contributed by atoms with E-state index in [0.29, 0.717) is 0 Å². The zero-order valence-corrected chi connectivity index (χ0v) is 9.10. The maximum absolute atomic E-state index is 3.68. The van der Waals surface area contributed by atoms with Crippen molar-refractivity contribution < 1.29 is 0 Å². The normalized spacial score (nSPS) is 67.7. The third kappa shape index (κ3) is 0.824. The van der Waals surface area contributed by atoms with Gasteiger partial charge in [-0.3, -0.25) is 0 Å². The highest BCUT2D eigenvalue weighted by Crippen LogP contribution is 2.65. The third-order valence-corrected chi connectivity index (χ3v) is 6.36. The van der Waals surface area contributed by atoms with Gasteiger partial charge in [0.05, 0.1) is 0 Å². The standard InChI is InChI=1S/C14H19N/c1-2-7-8(3-1)10-4-9(7)11-5-13-14(15-13)6-12(10)11/h1-2,7-15H,3-6H2. The van der Waals surface area contributed by atoms with E-state index in [1.807, 2.05) is 0 Å². The number of allylic oxidation sites excluding steroid dienone is 2. The molecule has 1 saturated heterocycles. The first kappa shape index (κ1) is 7.89. The van der Waals surface area contributed by atoms with Crippen molar-refractivity contribution in [3.8, 4) is 0 Å². The van der Waals surface area contributed by atoms with Gasteiger partial charge in [-0.05, 0) is 61.2 Å². The minimum absolute atomic E-state index is 0.939. The van der Waals surface area contributed by atoms with Gasteiger partial charge in [0.15, 0.2) is 0 Å². The molecular formula is C14H19N. The van der Waals surface area contributed by atoms with Gasteiger partial charge in [0.2, 0.25) is 0 Å². The quantitative estimate of drug-likeness (QED) is 0.471. The predicted octanol–water partition coefficient (Wildman–Crippen LogP) is 2.20. The van der Waals surface area contributed by atoms with E-state index in [0.717, 1.165) is 47.6 Å². The summed E-state index contributed by atoms with van der Waals surface area (Å²) in [4.78, 5) is 0. The van der Waals surface area contributed by atoms with Crippen molar-refractivity contribution >= 4 is 0 Å². The molecule has 4 fully saturated rings. The molecule has 1 aliphatic heterocycles. The van der Waals surface area contributed by atoms with Crippen molar-refractivity contribution in [3.05, 3.63) is 12.2 Å². The van der Waals surface area contributed by atoms with Crippen LogP contribution in [0, 0.1) is 35.5 Å². The Balaban J connectivity index is 1.54. The predicted molar refractivity (Wildman–Crippen MR) is 59.3 cm³/mol. The minimum atomic E-state index is 0.939. The second-order valence-electron chi connectivity index (χ2n) is 6.65. The van der Waals surface area contributed by atoms with Crippen molar-refractivity contribution in [1.82, 2.24) is 5.32 Å². The second kappa shape index (κ2) is 2.34. The highest BCUT2D eigenvalue weighted by Gasteiger charge is 2.62. The molecule has 0 amide bonds. The molecule has 80 valence electrons. The zero-order chi connectivity index (χ0) is 9.57. The Morgan fingerprint density at radius 2 is 1.53 bits per heavy atom. The molecule has 3 saturated carbocycles. The number of fused-ring (bicyclic) bond motifs is 9. The Bertz CT molecular complexity index is 347. The van der Waals surface area contributed by atoms with Gasteiger partial charge in [0.1, 0.15) is 0 Å². The smallest absolute Gasteiger partial charge is 0.0227 e. The van der Waals surface area contributed by atoms with Crippen molar-refractivity contribution in [2.24, 2.45) is 35.5 Å². The van der Waals surface area contributed by atoms with Crippen LogP contribution in [0.3, 0.4) is 0 Å². The molecule has 5 aliphatic rings. The Hall–Kier alpha value is -0.300. The first-order valence-electron chi connectivity index (χ1n) is 6.84. The largest absolute Gasteiger partial charge is 0.308 e. The lowest BCUT2D eigenvalue weighted by Crippen LogP contribution is -2.36. The Morgan fingerprint density at radius 3 is 2.40 bits per heavy atom. The van der Waals surface area contributed by atoms with Crippen molar-refractivity contribution in [2.45, 2.75) is 37.8 Å². The fourth-order valence-corrected chi connectivity index (χ4v) is 5.82. The van der Waals surface area contributed by atoms with Crippen LogP contribution in [-0.2, 0) is 0 Å². The Kier molecular flexibility index (Phi) is 1.23. The van der Waals surface area contributed by atoms with Gasteiger partial charge >= 0.3 is 0 Å². The first-order valence-corrected chi connectivity index (χ1v) is 6.84. The summed E-state index contributed by atoms with van der Waals surface area (Å²) >= 11 is 0. The van der Waals surface area contributed by atoms with Gasteiger partial charge in [-0.25, -0.2) is 0 Å². The maximum Gasteiger partial charge on any atom is 0.0227 e. The molecule has 5 rings (SSSR count). The molecule has 8 unspecified atom stereocenters. The first-order chi connectivity index (χ1) is 7.42. The summed E-state index contributed by atoms with van der Waals surface area (Å²) in [5.74, 6) is 6.51. The summed E-state index contributed by atoms with van der Waals surface area (Å²) in [5.41, 5.74) is 0. The van der Waals surface area contributed by atoms with Crippen LogP contribution < -0.4 is 5.32 Å². The van der Waals surface area contributed by atoms with Crippen LogP contribution >= 0.6 is 0 Å². The Labute approximate surface area is 91.3 Å². The molecule has 1 N–H and O–H groups in total. The molecule has 0 aromatic carbocycles. The fourth-order valence-electron chi connectivity index (χ4n) is 5.82. The molecule has 0 radical (unpaired) electrons. The molecule has 4 aliphatic carbocycles. The summed E-state index contributed by atoms with van der Waals surface area (Å²) in [5, 5.41) is 3.68. The van der Waals surface area contributed by atoms with Gasteiger partial charge in [0.25, 0.3) is 0 Å². The van der Waals surface area contributed by atoms with Crippen molar-refractivity contribution in [2.75, 3.05) is 0 Å². The molecule has 1 nitrogen and oxygen atoms in total. The summed E-state index contributed by atoms with van der Waals surface area (Å²) in [7, 11) is 0. The van der Waals surface area contributed by atoms with E-state index in [1.165, 1.54) is 19.3 Å². The molecule has 0 aromatic rings. The SMILES string of the molecule is C1=CC2C3CC(C2C1)C1CC2NC2CC31. The van der Waals surface area contributed by atoms with E-state index in [2.05, 4.69) is 17.5 Å². The average molecular weight is 201 g/mol. The molecule has 15 heavy (non-hydrogen) atoms. The van der Waals surface area contributed by atoms with Gasteiger partial charge in [0, 0.05) is 12.1 Å². The lowest BCUT2D eigenvalue weighted by Gasteiger charge is -2.40. The van der Waals surface area contributed by atoms with Crippen LogP contribution in [0.15, 0.2) is 12.2 Å². The van der Waals surface area contributed by atoms with E-state index in [1.54, 1.807) is 6.42 Å². The van der Waals surface area contributed by atoms with Gasteiger partial charge in [-0.1, -0.05) is 12.2 Å². The van der Waals surface area contributed by atoms with Crippen LogP contribution in [0.4, 0.5) is 0 Å². The number of nitrogens with one attached hydrogen (secondary N) is 1. The molecule has 2 bridgehead atoms. The van der Waals surface area contributed by atoms with Crippen LogP contribution in [0.25, 0.3) is 0 Å². The van der Waals surface area contributed by atoms with E-state index in [-0.39, 0.29) is 0 Å². The van der Waals surface area contributed by atoms with E-state index in [9.17, 15) is 0 Å². The van der Waals surface area contributed by atoms with E-state index < -0.39 is 0 Å². The van der Waals surface area contributed by atoms with Gasteiger partial charge in [-0.15, -0.1) is 0 Å². The monoisotopic (exact) mass is 201 g/mol. The minimum Gasteiger partial charge on any atom is -0.308 e. The highest BCUT2D eigenvalue weighted by atomic mass is 15.2. The maximum atomic E-state index is 3.68. The van der Waals surface area contributed by atoms with Crippen LogP contribution in [0.1, 0.15) is 25.7 Å². The van der Waals surface area contributed by atoms with Crippen molar-refractivity contribution in [3.63, 3.8) is 0 Å². The molecule has 1 heteroatoms. The van der Waals surface area contributed by atoms with Gasteiger partial charge in [-0.2, -0.15) is 0 Å². The lowest BCUT2D eigenvalue weighted by atomic mass is 9.64. The van der Waals surface area contributed by atoms with Crippen LogP contribution in [-0.4, -0.2) is 12.1 Å². The third-order valence-electron chi connectivity index (χ3n) is 6.36. The average Bonchev–Trinajstić information content (AvgIpc) is 2.64. The summed E-state index contributed by atoms with van der Waals surface area (Å²) in [6.07, 6.45) is 11.1. The number of hydrogen-bond acceptors (Lipinski definition) is 1.